The van der Waals surface area contributed by atoms with E-state index in [9.17, 15) is 18.0 Å². The van der Waals surface area contributed by atoms with Gasteiger partial charge in [-0.05, 0) is 55.5 Å². The molecule has 0 spiro atoms. The van der Waals surface area contributed by atoms with E-state index in [1.807, 2.05) is 30.3 Å². The Balaban J connectivity index is 1.14. The van der Waals surface area contributed by atoms with E-state index >= 15 is 0 Å². The average Bonchev–Trinajstić information content (AvgIpc) is 3.42. The summed E-state index contributed by atoms with van der Waals surface area (Å²) in [6, 6.07) is 17.7. The molecule has 0 aliphatic carbocycles. The maximum Gasteiger partial charge on any atom is 0.418 e. The standard InChI is InChI=1S/C33H34F3N3O4S/c1-41-26-14-21(15-27(42-2)31(26)43-19-20-8-4-3-5-9-20)32(40)37-22-16-23-10-6-11-24(17-22)39(23)18-29-38-30-25(33(34,35)36)12-7-13-28(30)44-29/h3-5,7-9,12-15,22-24H,6,10-11,16-19H2,1-2H3,(H,37,40). The third-order valence-electron chi connectivity index (χ3n) is 8.50. The van der Waals surface area contributed by atoms with Gasteiger partial charge in [-0.15, -0.1) is 11.3 Å². The number of hydrogen-bond acceptors (Lipinski definition) is 7. The van der Waals surface area contributed by atoms with Crippen LogP contribution in [0.15, 0.2) is 60.7 Å². The van der Waals surface area contributed by atoms with E-state index < -0.39 is 11.7 Å². The minimum absolute atomic E-state index is 0.0228. The average molecular weight is 626 g/mol. The molecular formula is C33H34F3N3O4S. The van der Waals surface area contributed by atoms with E-state index in [-0.39, 0.29) is 29.5 Å². The first kappa shape index (κ1) is 30.2. The van der Waals surface area contributed by atoms with E-state index in [2.05, 4.69) is 15.2 Å². The summed E-state index contributed by atoms with van der Waals surface area (Å²) in [5.41, 5.74) is 0.732. The maximum atomic E-state index is 13.5. The van der Waals surface area contributed by atoms with Crippen LogP contribution in [-0.4, -0.2) is 48.1 Å². The molecule has 2 aliphatic heterocycles. The Morgan fingerprint density at radius 3 is 2.32 bits per heavy atom. The van der Waals surface area contributed by atoms with Crippen molar-refractivity contribution < 1.29 is 32.2 Å². The van der Waals surface area contributed by atoms with Crippen molar-refractivity contribution in [3.05, 3.63) is 82.4 Å². The van der Waals surface area contributed by atoms with Crippen LogP contribution in [0.3, 0.4) is 0 Å². The van der Waals surface area contributed by atoms with Gasteiger partial charge in [0.1, 0.15) is 11.6 Å². The van der Waals surface area contributed by atoms with Crippen LogP contribution in [0.1, 0.15) is 58.6 Å². The molecule has 1 amide bonds. The van der Waals surface area contributed by atoms with Crippen LogP contribution in [0.2, 0.25) is 0 Å². The monoisotopic (exact) mass is 625 g/mol. The van der Waals surface area contributed by atoms with Crippen molar-refractivity contribution >= 4 is 27.5 Å². The lowest BCUT2D eigenvalue weighted by molar-refractivity contribution is -0.136. The topological polar surface area (TPSA) is 72.9 Å². The molecule has 6 rings (SSSR count). The Morgan fingerprint density at radius 1 is 1.00 bits per heavy atom. The van der Waals surface area contributed by atoms with Crippen molar-refractivity contribution in [2.45, 2.75) is 69.6 Å². The Hall–Kier alpha value is -3.83. The van der Waals surface area contributed by atoms with Gasteiger partial charge in [-0.3, -0.25) is 9.69 Å². The van der Waals surface area contributed by atoms with E-state index in [4.69, 9.17) is 14.2 Å². The lowest BCUT2D eigenvalue weighted by Crippen LogP contribution is -2.56. The summed E-state index contributed by atoms with van der Waals surface area (Å²) in [4.78, 5) is 20.3. The molecule has 0 saturated carbocycles. The summed E-state index contributed by atoms with van der Waals surface area (Å²) < 4.78 is 58.4. The number of fused-ring (bicyclic) bond motifs is 3. The van der Waals surface area contributed by atoms with Gasteiger partial charge in [-0.1, -0.05) is 42.8 Å². The highest BCUT2D eigenvalue weighted by Crippen LogP contribution is 2.41. The second-order valence-electron chi connectivity index (χ2n) is 11.3. The van der Waals surface area contributed by atoms with Crippen molar-refractivity contribution in [3.63, 3.8) is 0 Å². The Morgan fingerprint density at radius 2 is 1.68 bits per heavy atom. The van der Waals surface area contributed by atoms with Crippen molar-refractivity contribution in [3.8, 4) is 17.2 Å². The highest BCUT2D eigenvalue weighted by atomic mass is 32.1. The third kappa shape index (κ3) is 6.34. The zero-order chi connectivity index (χ0) is 30.8. The number of aromatic nitrogens is 1. The number of amides is 1. The number of rotatable bonds is 9. The van der Waals surface area contributed by atoms with Crippen LogP contribution in [0.4, 0.5) is 13.2 Å². The summed E-state index contributed by atoms with van der Waals surface area (Å²) in [7, 11) is 3.05. The molecule has 1 aromatic heterocycles. The summed E-state index contributed by atoms with van der Waals surface area (Å²) in [5, 5.41) is 3.90. The number of nitrogens with one attached hydrogen (secondary N) is 1. The first-order valence-electron chi connectivity index (χ1n) is 14.7. The van der Waals surface area contributed by atoms with Gasteiger partial charge in [0.05, 0.1) is 36.5 Å². The summed E-state index contributed by atoms with van der Waals surface area (Å²) in [6.07, 6.45) is 0.0964. The molecule has 11 heteroatoms. The fourth-order valence-corrected chi connectivity index (χ4v) is 7.46. The van der Waals surface area contributed by atoms with Crippen molar-refractivity contribution in [1.29, 1.82) is 0 Å². The number of para-hydroxylation sites is 1. The Bertz CT molecular complexity index is 1590. The van der Waals surface area contributed by atoms with Crippen molar-refractivity contribution in [2.24, 2.45) is 0 Å². The fourth-order valence-electron chi connectivity index (χ4n) is 6.45. The number of alkyl halides is 3. The Labute approximate surface area is 257 Å². The predicted molar refractivity (Wildman–Crippen MR) is 162 cm³/mol. The van der Waals surface area contributed by atoms with Gasteiger partial charge in [0.2, 0.25) is 5.75 Å². The van der Waals surface area contributed by atoms with Crippen molar-refractivity contribution in [2.75, 3.05) is 14.2 Å². The highest BCUT2D eigenvalue weighted by molar-refractivity contribution is 7.18. The van der Waals surface area contributed by atoms with Crippen LogP contribution in [0.25, 0.3) is 10.2 Å². The highest BCUT2D eigenvalue weighted by Gasteiger charge is 2.40. The molecule has 2 aliphatic rings. The second-order valence-corrected chi connectivity index (χ2v) is 12.4. The fraction of sp³-hybridized carbons (Fsp3) is 0.394. The number of ether oxygens (including phenoxy) is 3. The predicted octanol–water partition coefficient (Wildman–Crippen LogP) is 7.23. The first-order chi connectivity index (χ1) is 21.2. The molecule has 7 nitrogen and oxygen atoms in total. The molecule has 44 heavy (non-hydrogen) atoms. The minimum Gasteiger partial charge on any atom is -0.493 e. The van der Waals surface area contributed by atoms with Gasteiger partial charge in [0, 0.05) is 23.7 Å². The second kappa shape index (κ2) is 12.6. The summed E-state index contributed by atoms with van der Waals surface area (Å²) in [6.45, 7) is 0.826. The van der Waals surface area contributed by atoms with Crippen LogP contribution in [0, 0.1) is 0 Å². The van der Waals surface area contributed by atoms with Gasteiger partial charge in [0.15, 0.2) is 11.5 Å². The quantitative estimate of drug-likeness (QED) is 0.212. The maximum absolute atomic E-state index is 13.5. The van der Waals surface area contributed by atoms with Crippen molar-refractivity contribution in [1.82, 2.24) is 15.2 Å². The number of benzene rings is 3. The number of nitrogens with zero attached hydrogens (tertiary/aromatic N) is 2. The number of piperidine rings is 2. The minimum atomic E-state index is -4.44. The number of halogens is 3. The van der Waals surface area contributed by atoms with E-state index in [1.165, 1.54) is 31.6 Å². The third-order valence-corrected chi connectivity index (χ3v) is 9.50. The molecule has 232 valence electrons. The largest absolute Gasteiger partial charge is 0.493 e. The summed E-state index contributed by atoms with van der Waals surface area (Å²) in [5.74, 6) is 1.01. The lowest BCUT2D eigenvalue weighted by Gasteiger charge is -2.48. The normalized spacial score (nSPS) is 20.3. The zero-order valence-electron chi connectivity index (χ0n) is 24.5. The number of hydrogen-bond donors (Lipinski definition) is 1. The SMILES string of the molecule is COc1cc(C(=O)NC2CC3CCCC(C2)N3Cc2nc3c(C(F)(F)F)cccc3s2)cc(OC)c1OCc1ccccc1. The van der Waals surface area contributed by atoms with E-state index in [0.29, 0.717) is 45.7 Å². The molecule has 2 fully saturated rings. The molecule has 4 aromatic rings. The molecule has 2 unspecified atom stereocenters. The van der Waals surface area contributed by atoms with Gasteiger partial charge in [0.25, 0.3) is 5.91 Å². The van der Waals surface area contributed by atoms with Gasteiger partial charge < -0.3 is 19.5 Å². The van der Waals surface area contributed by atoms with Crippen LogP contribution >= 0.6 is 11.3 Å². The van der Waals surface area contributed by atoms with Gasteiger partial charge >= 0.3 is 6.18 Å². The van der Waals surface area contributed by atoms with Crippen LogP contribution in [-0.2, 0) is 19.3 Å². The molecule has 2 bridgehead atoms. The first-order valence-corrected chi connectivity index (χ1v) is 15.5. The number of carbonyl (C=O) groups is 1. The molecule has 2 atom stereocenters. The lowest BCUT2D eigenvalue weighted by atomic mass is 9.81. The smallest absolute Gasteiger partial charge is 0.418 e. The van der Waals surface area contributed by atoms with Gasteiger partial charge in [-0.25, -0.2) is 4.98 Å². The number of methoxy groups -OCH3 is 2. The molecule has 3 heterocycles. The molecule has 2 saturated heterocycles. The zero-order valence-corrected chi connectivity index (χ0v) is 25.3. The summed E-state index contributed by atoms with van der Waals surface area (Å²) >= 11 is 1.32. The Kier molecular flexibility index (Phi) is 8.68. The van der Waals surface area contributed by atoms with Gasteiger partial charge in [-0.2, -0.15) is 13.2 Å². The molecular weight excluding hydrogens is 591 g/mol. The number of thiazole rings is 1. The van der Waals surface area contributed by atoms with E-state index in [0.717, 1.165) is 43.7 Å². The molecule has 0 radical (unpaired) electrons. The molecule has 3 aromatic carbocycles. The number of carbonyl (C=O) groups excluding carboxylic acids is 1. The van der Waals surface area contributed by atoms with Crippen LogP contribution < -0.4 is 19.5 Å². The van der Waals surface area contributed by atoms with E-state index in [1.54, 1.807) is 18.2 Å². The molecule has 1 N–H and O–H groups in total. The van der Waals surface area contributed by atoms with Crippen LogP contribution in [0.5, 0.6) is 17.2 Å².